The van der Waals surface area contributed by atoms with Gasteiger partial charge in [-0.3, -0.25) is 5.10 Å². The van der Waals surface area contributed by atoms with Crippen LogP contribution in [0.15, 0.2) is 24.3 Å². The number of para-hydroxylation sites is 1. The van der Waals surface area contributed by atoms with Gasteiger partial charge in [0.2, 0.25) is 0 Å². The van der Waals surface area contributed by atoms with Gasteiger partial charge in [-0.2, -0.15) is 5.10 Å². The smallest absolute Gasteiger partial charge is 0.0923 e. The number of H-pyrrole nitrogens is 1. The van der Waals surface area contributed by atoms with Crippen LogP contribution < -0.4 is 0 Å². The number of hydrogen-bond donors (Lipinski definition) is 1. The Kier molecular flexibility index (Phi) is 2.36. The molecular formula is C10H11BrN2. The minimum atomic E-state index is 0.479. The van der Waals surface area contributed by atoms with Crippen molar-refractivity contribution < 1.29 is 0 Å². The maximum absolute atomic E-state index is 4.24. The summed E-state index contributed by atoms with van der Waals surface area (Å²) >= 11 is 3.47. The Morgan fingerprint density at radius 3 is 3.00 bits per heavy atom. The molecule has 0 bridgehead atoms. The van der Waals surface area contributed by atoms with Crippen molar-refractivity contribution in [1.82, 2.24) is 10.2 Å². The third-order valence-corrected chi connectivity index (χ3v) is 3.19. The first kappa shape index (κ1) is 8.75. The fourth-order valence-electron chi connectivity index (χ4n) is 1.43. The number of rotatable bonds is 2. The Balaban J connectivity index is 2.57. The molecule has 0 spiro atoms. The third-order valence-electron chi connectivity index (χ3n) is 2.22. The number of nitrogens with one attached hydrogen (secondary N) is 1. The van der Waals surface area contributed by atoms with Gasteiger partial charge in [0, 0.05) is 22.3 Å². The van der Waals surface area contributed by atoms with Crippen LogP contribution in [0.5, 0.6) is 0 Å². The molecule has 0 aliphatic heterocycles. The minimum Gasteiger partial charge on any atom is -0.281 e. The average Bonchev–Trinajstić information content (AvgIpc) is 2.60. The summed E-state index contributed by atoms with van der Waals surface area (Å²) in [5.74, 6) is 0.479. The molecule has 0 radical (unpaired) electrons. The van der Waals surface area contributed by atoms with Crippen LogP contribution >= 0.6 is 15.9 Å². The Morgan fingerprint density at radius 1 is 1.46 bits per heavy atom. The van der Waals surface area contributed by atoms with Gasteiger partial charge in [-0.1, -0.05) is 41.1 Å². The highest BCUT2D eigenvalue weighted by Crippen LogP contribution is 2.23. The van der Waals surface area contributed by atoms with Crippen molar-refractivity contribution in [2.75, 3.05) is 5.33 Å². The molecule has 2 aromatic rings. The maximum atomic E-state index is 4.24. The molecule has 2 rings (SSSR count). The quantitative estimate of drug-likeness (QED) is 0.801. The first-order chi connectivity index (χ1) is 6.33. The summed E-state index contributed by atoms with van der Waals surface area (Å²) in [6.07, 6.45) is 0. The highest BCUT2D eigenvalue weighted by molar-refractivity contribution is 9.09. The van der Waals surface area contributed by atoms with Crippen LogP contribution in [0.3, 0.4) is 0 Å². The fraction of sp³-hybridized carbons (Fsp3) is 0.300. The minimum absolute atomic E-state index is 0.479. The molecule has 1 atom stereocenters. The van der Waals surface area contributed by atoms with Crippen LogP contribution in [0.4, 0.5) is 0 Å². The van der Waals surface area contributed by atoms with Crippen LogP contribution in [0.1, 0.15) is 18.5 Å². The highest BCUT2D eigenvalue weighted by Gasteiger charge is 2.10. The highest BCUT2D eigenvalue weighted by atomic mass is 79.9. The zero-order valence-corrected chi connectivity index (χ0v) is 9.01. The molecule has 13 heavy (non-hydrogen) atoms. The molecule has 0 aliphatic carbocycles. The van der Waals surface area contributed by atoms with Crippen molar-refractivity contribution in [2.24, 2.45) is 0 Å². The number of halogens is 1. The van der Waals surface area contributed by atoms with Gasteiger partial charge in [0.15, 0.2) is 0 Å². The van der Waals surface area contributed by atoms with Gasteiger partial charge < -0.3 is 0 Å². The molecule has 0 fully saturated rings. The molecule has 1 unspecified atom stereocenters. The summed E-state index contributed by atoms with van der Waals surface area (Å²) in [4.78, 5) is 0. The Hall–Kier alpha value is -0.830. The Bertz CT molecular complexity index is 408. The van der Waals surface area contributed by atoms with E-state index < -0.39 is 0 Å². The molecule has 1 aromatic carbocycles. The van der Waals surface area contributed by atoms with Crippen LogP contribution in [-0.4, -0.2) is 15.5 Å². The number of aromatic amines is 1. The number of aromatic nitrogens is 2. The number of nitrogens with zero attached hydrogens (tertiary/aromatic N) is 1. The molecule has 2 nitrogen and oxygen atoms in total. The molecule has 3 heteroatoms. The first-order valence-electron chi connectivity index (χ1n) is 4.32. The van der Waals surface area contributed by atoms with Crippen molar-refractivity contribution in [3.05, 3.63) is 30.0 Å². The van der Waals surface area contributed by atoms with E-state index in [-0.39, 0.29) is 0 Å². The van der Waals surface area contributed by atoms with E-state index in [4.69, 9.17) is 0 Å². The zero-order valence-electron chi connectivity index (χ0n) is 7.42. The monoisotopic (exact) mass is 238 g/mol. The zero-order chi connectivity index (χ0) is 9.26. The fourth-order valence-corrected chi connectivity index (χ4v) is 1.76. The molecule has 0 saturated heterocycles. The van der Waals surface area contributed by atoms with E-state index in [2.05, 4.69) is 39.1 Å². The molecule has 1 N–H and O–H groups in total. The molecule has 1 heterocycles. The van der Waals surface area contributed by atoms with Gasteiger partial charge in [0.1, 0.15) is 0 Å². The van der Waals surface area contributed by atoms with Gasteiger partial charge >= 0.3 is 0 Å². The topological polar surface area (TPSA) is 28.7 Å². The number of hydrogen-bond acceptors (Lipinski definition) is 1. The molecule has 0 amide bonds. The summed E-state index contributed by atoms with van der Waals surface area (Å²) in [7, 11) is 0. The number of benzene rings is 1. The van der Waals surface area contributed by atoms with Crippen molar-refractivity contribution in [3.8, 4) is 0 Å². The predicted molar refractivity (Wildman–Crippen MR) is 58.3 cm³/mol. The van der Waals surface area contributed by atoms with Crippen LogP contribution in [0.25, 0.3) is 10.9 Å². The lowest BCUT2D eigenvalue weighted by Gasteiger charge is -2.03. The van der Waals surface area contributed by atoms with Crippen LogP contribution in [-0.2, 0) is 0 Å². The van der Waals surface area contributed by atoms with E-state index in [9.17, 15) is 0 Å². The SMILES string of the molecule is CC(CBr)c1[nH]nc2ccccc12. The van der Waals surface area contributed by atoms with Gasteiger partial charge in [-0.25, -0.2) is 0 Å². The second kappa shape index (κ2) is 3.50. The van der Waals surface area contributed by atoms with E-state index in [1.165, 1.54) is 11.1 Å². The van der Waals surface area contributed by atoms with E-state index in [0.717, 1.165) is 10.8 Å². The molecular weight excluding hydrogens is 228 g/mol. The molecule has 0 saturated carbocycles. The Morgan fingerprint density at radius 2 is 2.23 bits per heavy atom. The average molecular weight is 239 g/mol. The van der Waals surface area contributed by atoms with Crippen LogP contribution in [0, 0.1) is 0 Å². The summed E-state index contributed by atoms with van der Waals surface area (Å²) in [5, 5.41) is 9.51. The standard InChI is InChI=1S/C10H11BrN2/c1-7(6-11)10-8-4-2-3-5-9(8)12-13-10/h2-5,7H,6H2,1H3,(H,12,13). The second-order valence-electron chi connectivity index (χ2n) is 3.21. The maximum Gasteiger partial charge on any atom is 0.0923 e. The largest absolute Gasteiger partial charge is 0.281 e. The van der Waals surface area contributed by atoms with E-state index >= 15 is 0 Å². The van der Waals surface area contributed by atoms with Crippen molar-refractivity contribution in [1.29, 1.82) is 0 Å². The summed E-state index contributed by atoms with van der Waals surface area (Å²) in [6, 6.07) is 8.18. The summed E-state index contributed by atoms with van der Waals surface area (Å²) in [6.45, 7) is 2.18. The second-order valence-corrected chi connectivity index (χ2v) is 3.86. The van der Waals surface area contributed by atoms with Crippen molar-refractivity contribution in [3.63, 3.8) is 0 Å². The van der Waals surface area contributed by atoms with E-state index in [1.54, 1.807) is 0 Å². The molecule has 68 valence electrons. The lowest BCUT2D eigenvalue weighted by Crippen LogP contribution is -1.94. The Labute approximate surface area is 85.5 Å². The first-order valence-corrected chi connectivity index (χ1v) is 5.44. The van der Waals surface area contributed by atoms with Gasteiger partial charge in [-0.05, 0) is 6.07 Å². The van der Waals surface area contributed by atoms with Crippen molar-refractivity contribution in [2.45, 2.75) is 12.8 Å². The number of alkyl halides is 1. The number of fused-ring (bicyclic) bond motifs is 1. The summed E-state index contributed by atoms with van der Waals surface area (Å²) < 4.78 is 0. The van der Waals surface area contributed by atoms with Gasteiger partial charge in [0.05, 0.1) is 5.52 Å². The van der Waals surface area contributed by atoms with Crippen LogP contribution in [0.2, 0.25) is 0 Å². The van der Waals surface area contributed by atoms with Gasteiger partial charge in [0.25, 0.3) is 0 Å². The third kappa shape index (κ3) is 1.48. The normalized spacial score (nSPS) is 13.4. The van der Waals surface area contributed by atoms with E-state index in [0.29, 0.717) is 5.92 Å². The summed E-state index contributed by atoms with van der Waals surface area (Å²) in [5.41, 5.74) is 2.26. The van der Waals surface area contributed by atoms with Crippen molar-refractivity contribution >= 4 is 26.8 Å². The lowest BCUT2D eigenvalue weighted by molar-refractivity contribution is 0.834. The molecule has 1 aromatic heterocycles. The van der Waals surface area contributed by atoms with E-state index in [1.807, 2.05) is 18.2 Å². The van der Waals surface area contributed by atoms with Gasteiger partial charge in [-0.15, -0.1) is 0 Å². The predicted octanol–water partition coefficient (Wildman–Crippen LogP) is 3.06. The lowest BCUT2D eigenvalue weighted by atomic mass is 10.1. The molecule has 0 aliphatic rings.